The van der Waals surface area contributed by atoms with Crippen LogP contribution in [0.25, 0.3) is 0 Å². The molecule has 0 radical (unpaired) electrons. The average Bonchev–Trinajstić information content (AvgIpc) is 3.14. The Balaban J connectivity index is 1.41. The van der Waals surface area contributed by atoms with Gasteiger partial charge in [0.2, 0.25) is 15.9 Å². The van der Waals surface area contributed by atoms with E-state index in [0.29, 0.717) is 32.2 Å². The fourth-order valence-corrected chi connectivity index (χ4v) is 5.65. The van der Waals surface area contributed by atoms with Crippen LogP contribution in [-0.2, 0) is 26.0 Å². The fourth-order valence-electron chi connectivity index (χ4n) is 3.43. The molecule has 6 nitrogen and oxygen atoms in total. The van der Waals surface area contributed by atoms with Crippen LogP contribution in [-0.4, -0.2) is 68.7 Å². The number of ether oxygens (including phenoxy) is 1. The van der Waals surface area contributed by atoms with Crippen LogP contribution in [0.2, 0.25) is 0 Å². The standard InChI is InChI=1S/C17H26N2O4S2/c20-17(5-13-25(21,22)19-8-10-23-11-9-19)18-6-3-15(4-7-18)14-16-2-1-12-24-16/h1-2,12,15H,3-11,13-14H2. The summed E-state index contributed by atoms with van der Waals surface area (Å²) < 4.78 is 31.2. The van der Waals surface area contributed by atoms with Gasteiger partial charge in [-0.2, -0.15) is 4.31 Å². The molecule has 25 heavy (non-hydrogen) atoms. The van der Waals surface area contributed by atoms with Gasteiger partial charge in [0.15, 0.2) is 0 Å². The fraction of sp³-hybridized carbons (Fsp3) is 0.706. The van der Waals surface area contributed by atoms with Crippen molar-refractivity contribution in [2.75, 3.05) is 45.1 Å². The smallest absolute Gasteiger partial charge is 0.223 e. The molecule has 1 aromatic heterocycles. The van der Waals surface area contributed by atoms with Gasteiger partial charge in [-0.25, -0.2) is 8.42 Å². The molecule has 0 aliphatic carbocycles. The number of rotatable bonds is 6. The van der Waals surface area contributed by atoms with E-state index in [-0.39, 0.29) is 18.1 Å². The van der Waals surface area contributed by atoms with Crippen molar-refractivity contribution in [1.82, 2.24) is 9.21 Å². The highest BCUT2D eigenvalue weighted by molar-refractivity contribution is 7.89. The number of piperidine rings is 1. The predicted octanol–water partition coefficient (Wildman–Crippen LogP) is 1.58. The number of amides is 1. The zero-order valence-electron chi connectivity index (χ0n) is 14.4. The van der Waals surface area contributed by atoms with Crippen LogP contribution < -0.4 is 0 Å². The molecular weight excluding hydrogens is 360 g/mol. The van der Waals surface area contributed by atoms with E-state index in [1.807, 2.05) is 4.90 Å². The van der Waals surface area contributed by atoms with Crippen LogP contribution in [0.4, 0.5) is 0 Å². The second-order valence-electron chi connectivity index (χ2n) is 6.69. The van der Waals surface area contributed by atoms with E-state index in [0.717, 1.165) is 32.4 Å². The molecule has 3 rings (SSSR count). The Kier molecular flexibility index (Phi) is 6.49. The van der Waals surface area contributed by atoms with Gasteiger partial charge in [0.25, 0.3) is 0 Å². The van der Waals surface area contributed by atoms with Crippen molar-refractivity contribution in [1.29, 1.82) is 0 Å². The number of hydrogen-bond donors (Lipinski definition) is 0. The van der Waals surface area contributed by atoms with Crippen LogP contribution in [0.3, 0.4) is 0 Å². The van der Waals surface area contributed by atoms with Crippen molar-refractivity contribution >= 4 is 27.3 Å². The first-order valence-electron chi connectivity index (χ1n) is 8.90. The van der Waals surface area contributed by atoms with Crippen LogP contribution in [0.1, 0.15) is 24.1 Å². The zero-order valence-corrected chi connectivity index (χ0v) is 16.1. The molecular formula is C17H26N2O4S2. The number of morpholine rings is 1. The van der Waals surface area contributed by atoms with Gasteiger partial charge < -0.3 is 9.64 Å². The maximum atomic E-state index is 12.4. The molecule has 2 saturated heterocycles. The first-order chi connectivity index (χ1) is 12.0. The zero-order chi connectivity index (χ0) is 17.7. The summed E-state index contributed by atoms with van der Waals surface area (Å²) in [6, 6.07) is 4.24. The first-order valence-corrected chi connectivity index (χ1v) is 11.4. The normalized spacial score (nSPS) is 20.7. The number of sulfonamides is 1. The molecule has 8 heteroatoms. The van der Waals surface area contributed by atoms with Crippen molar-refractivity contribution in [2.24, 2.45) is 5.92 Å². The maximum Gasteiger partial charge on any atom is 0.223 e. The van der Waals surface area contributed by atoms with Crippen molar-refractivity contribution in [3.63, 3.8) is 0 Å². The second-order valence-corrected chi connectivity index (χ2v) is 9.81. The Morgan fingerprint density at radius 2 is 1.92 bits per heavy atom. The van der Waals surface area contributed by atoms with Gasteiger partial charge in [-0.15, -0.1) is 11.3 Å². The summed E-state index contributed by atoms with van der Waals surface area (Å²) in [7, 11) is -3.35. The summed E-state index contributed by atoms with van der Waals surface area (Å²) in [6.45, 7) is 3.14. The SMILES string of the molecule is O=C(CCS(=O)(=O)N1CCOCC1)N1CCC(Cc2cccs2)CC1. The number of carbonyl (C=O) groups excluding carboxylic acids is 1. The van der Waals surface area contributed by atoms with Crippen LogP contribution >= 0.6 is 11.3 Å². The molecule has 1 amide bonds. The molecule has 0 atom stereocenters. The average molecular weight is 387 g/mol. The molecule has 1 aromatic rings. The van der Waals surface area contributed by atoms with E-state index in [1.165, 1.54) is 9.18 Å². The molecule has 2 fully saturated rings. The van der Waals surface area contributed by atoms with Gasteiger partial charge in [0, 0.05) is 37.5 Å². The minimum Gasteiger partial charge on any atom is -0.379 e. The summed E-state index contributed by atoms with van der Waals surface area (Å²) in [5.41, 5.74) is 0. The Hall–Kier alpha value is -0.960. The molecule has 0 N–H and O–H groups in total. The van der Waals surface area contributed by atoms with E-state index < -0.39 is 10.0 Å². The Morgan fingerprint density at radius 3 is 2.56 bits per heavy atom. The predicted molar refractivity (Wildman–Crippen MR) is 98.1 cm³/mol. The maximum absolute atomic E-state index is 12.4. The van der Waals surface area contributed by atoms with Gasteiger partial charge >= 0.3 is 0 Å². The van der Waals surface area contributed by atoms with Crippen molar-refractivity contribution in [2.45, 2.75) is 25.7 Å². The van der Waals surface area contributed by atoms with Gasteiger partial charge in [-0.05, 0) is 36.6 Å². The molecule has 0 unspecified atom stereocenters. The summed E-state index contributed by atoms with van der Waals surface area (Å²) in [5.74, 6) is 0.493. The number of likely N-dealkylation sites (tertiary alicyclic amines) is 1. The Bertz CT molecular complexity index is 646. The van der Waals surface area contributed by atoms with Crippen LogP contribution in [0, 0.1) is 5.92 Å². The molecule has 3 heterocycles. The lowest BCUT2D eigenvalue weighted by atomic mass is 9.93. The summed E-state index contributed by atoms with van der Waals surface area (Å²) >= 11 is 1.79. The lowest BCUT2D eigenvalue weighted by Gasteiger charge is -2.32. The molecule has 0 saturated carbocycles. The van der Waals surface area contributed by atoms with Crippen LogP contribution in [0.5, 0.6) is 0 Å². The molecule has 2 aliphatic heterocycles. The lowest BCUT2D eigenvalue weighted by molar-refractivity contribution is -0.132. The lowest BCUT2D eigenvalue weighted by Crippen LogP contribution is -2.43. The topological polar surface area (TPSA) is 66.9 Å². The minimum atomic E-state index is -3.35. The van der Waals surface area contributed by atoms with Crippen molar-refractivity contribution in [3.05, 3.63) is 22.4 Å². The highest BCUT2D eigenvalue weighted by Gasteiger charge is 2.27. The summed E-state index contributed by atoms with van der Waals surface area (Å²) in [6.07, 6.45) is 3.17. The number of nitrogens with zero attached hydrogens (tertiary/aromatic N) is 2. The molecule has 2 aliphatic rings. The van der Waals surface area contributed by atoms with Crippen LogP contribution in [0.15, 0.2) is 17.5 Å². The second kappa shape index (κ2) is 8.62. The number of thiophene rings is 1. The number of carbonyl (C=O) groups is 1. The Morgan fingerprint density at radius 1 is 1.20 bits per heavy atom. The number of hydrogen-bond acceptors (Lipinski definition) is 5. The minimum absolute atomic E-state index is 0.0357. The van der Waals surface area contributed by atoms with E-state index in [2.05, 4.69) is 17.5 Å². The van der Waals surface area contributed by atoms with E-state index in [4.69, 9.17) is 4.74 Å². The molecule has 0 spiro atoms. The molecule has 0 bridgehead atoms. The quantitative estimate of drug-likeness (QED) is 0.745. The Labute approximate surface area is 153 Å². The molecule has 0 aromatic carbocycles. The molecule has 140 valence electrons. The monoisotopic (exact) mass is 386 g/mol. The summed E-state index contributed by atoms with van der Waals surface area (Å²) in [5, 5.41) is 2.10. The van der Waals surface area contributed by atoms with E-state index in [9.17, 15) is 13.2 Å². The third-order valence-electron chi connectivity index (χ3n) is 4.97. The van der Waals surface area contributed by atoms with E-state index in [1.54, 1.807) is 11.3 Å². The highest BCUT2D eigenvalue weighted by atomic mass is 32.2. The van der Waals surface area contributed by atoms with Crippen molar-refractivity contribution < 1.29 is 17.9 Å². The van der Waals surface area contributed by atoms with E-state index >= 15 is 0 Å². The van der Waals surface area contributed by atoms with Gasteiger partial charge in [0.1, 0.15) is 0 Å². The third-order valence-corrected chi connectivity index (χ3v) is 7.75. The van der Waals surface area contributed by atoms with Crippen molar-refractivity contribution in [3.8, 4) is 0 Å². The third kappa shape index (κ3) is 5.26. The largest absolute Gasteiger partial charge is 0.379 e. The first kappa shape index (κ1) is 18.8. The summed E-state index contributed by atoms with van der Waals surface area (Å²) in [4.78, 5) is 15.6. The van der Waals surface area contributed by atoms with Gasteiger partial charge in [-0.3, -0.25) is 4.79 Å². The van der Waals surface area contributed by atoms with Gasteiger partial charge in [0.05, 0.1) is 19.0 Å². The van der Waals surface area contributed by atoms with Gasteiger partial charge in [-0.1, -0.05) is 6.07 Å². The highest BCUT2D eigenvalue weighted by Crippen LogP contribution is 2.24.